The zero-order valence-electron chi connectivity index (χ0n) is 8.94. The summed E-state index contributed by atoms with van der Waals surface area (Å²) >= 11 is 0. The topological polar surface area (TPSA) is 46.3 Å². The molecular formula is C12H16N2O. The van der Waals surface area contributed by atoms with E-state index in [0.717, 1.165) is 25.1 Å². The molecule has 1 aliphatic rings. The smallest absolute Gasteiger partial charge is 0.243 e. The Morgan fingerprint density at radius 1 is 1.33 bits per heavy atom. The molecule has 3 nitrogen and oxygen atoms in total. The van der Waals surface area contributed by atoms with Gasteiger partial charge < -0.3 is 10.6 Å². The van der Waals surface area contributed by atoms with Gasteiger partial charge in [0.05, 0.1) is 6.04 Å². The maximum absolute atomic E-state index is 11.8. The van der Waals surface area contributed by atoms with Crippen molar-refractivity contribution in [1.29, 1.82) is 0 Å². The van der Waals surface area contributed by atoms with Crippen LogP contribution in [0.4, 0.5) is 5.69 Å². The first-order valence-electron chi connectivity index (χ1n) is 5.32. The summed E-state index contributed by atoms with van der Waals surface area (Å²) in [6, 6.07) is 7.67. The van der Waals surface area contributed by atoms with Crippen molar-refractivity contribution in [3.8, 4) is 0 Å². The normalized spacial score (nSPS) is 21.9. The Labute approximate surface area is 89.9 Å². The number of piperidine rings is 1. The highest BCUT2D eigenvalue weighted by Gasteiger charge is 2.26. The zero-order chi connectivity index (χ0) is 10.8. The molecule has 80 valence electrons. The molecule has 1 saturated heterocycles. The summed E-state index contributed by atoms with van der Waals surface area (Å²) in [6.07, 6.45) is 1.79. The van der Waals surface area contributed by atoms with E-state index in [2.05, 4.69) is 0 Å². The van der Waals surface area contributed by atoms with E-state index in [-0.39, 0.29) is 11.9 Å². The largest absolute Gasteiger partial charge is 0.320 e. The minimum absolute atomic E-state index is 0.0464. The first-order chi connectivity index (χ1) is 7.18. The maximum Gasteiger partial charge on any atom is 0.243 e. The highest BCUT2D eigenvalue weighted by atomic mass is 16.2. The Hall–Kier alpha value is -1.35. The van der Waals surface area contributed by atoms with Crippen molar-refractivity contribution in [3.05, 3.63) is 29.8 Å². The van der Waals surface area contributed by atoms with Gasteiger partial charge in [0.15, 0.2) is 0 Å². The zero-order valence-corrected chi connectivity index (χ0v) is 8.94. The minimum atomic E-state index is -0.319. The highest BCUT2D eigenvalue weighted by molar-refractivity contribution is 5.97. The lowest BCUT2D eigenvalue weighted by atomic mass is 10.0. The molecule has 0 radical (unpaired) electrons. The Bertz CT molecular complexity index is 358. The van der Waals surface area contributed by atoms with Crippen molar-refractivity contribution in [2.45, 2.75) is 25.8 Å². The van der Waals surface area contributed by atoms with Crippen LogP contribution in [-0.4, -0.2) is 18.5 Å². The van der Waals surface area contributed by atoms with Crippen LogP contribution >= 0.6 is 0 Å². The second-order valence-electron chi connectivity index (χ2n) is 4.07. The van der Waals surface area contributed by atoms with E-state index in [1.807, 2.05) is 31.2 Å². The SMILES string of the molecule is Cc1ccc(N2CCCC(N)C2=O)cc1. The van der Waals surface area contributed by atoms with Crippen LogP contribution in [0.5, 0.6) is 0 Å². The lowest BCUT2D eigenvalue weighted by molar-refractivity contribution is -0.120. The van der Waals surface area contributed by atoms with E-state index in [0.29, 0.717) is 0 Å². The second-order valence-corrected chi connectivity index (χ2v) is 4.07. The average molecular weight is 204 g/mol. The number of hydrogen-bond acceptors (Lipinski definition) is 2. The summed E-state index contributed by atoms with van der Waals surface area (Å²) in [6.45, 7) is 2.82. The van der Waals surface area contributed by atoms with Gasteiger partial charge in [-0.15, -0.1) is 0 Å². The van der Waals surface area contributed by atoms with Gasteiger partial charge >= 0.3 is 0 Å². The van der Waals surface area contributed by atoms with Crippen LogP contribution in [-0.2, 0) is 4.79 Å². The van der Waals surface area contributed by atoms with Gasteiger partial charge in [0.25, 0.3) is 0 Å². The van der Waals surface area contributed by atoms with Gasteiger partial charge in [-0.05, 0) is 31.9 Å². The van der Waals surface area contributed by atoms with E-state index in [4.69, 9.17) is 5.73 Å². The van der Waals surface area contributed by atoms with Crippen molar-refractivity contribution in [1.82, 2.24) is 0 Å². The van der Waals surface area contributed by atoms with Gasteiger partial charge in [-0.1, -0.05) is 17.7 Å². The molecule has 0 aromatic heterocycles. The molecule has 1 aromatic carbocycles. The van der Waals surface area contributed by atoms with Crippen LogP contribution in [0.3, 0.4) is 0 Å². The summed E-state index contributed by atoms with van der Waals surface area (Å²) in [5, 5.41) is 0. The van der Waals surface area contributed by atoms with Crippen molar-refractivity contribution in [3.63, 3.8) is 0 Å². The molecule has 1 fully saturated rings. The van der Waals surface area contributed by atoms with E-state index in [1.165, 1.54) is 5.56 Å². The summed E-state index contributed by atoms with van der Waals surface area (Å²) in [4.78, 5) is 13.6. The van der Waals surface area contributed by atoms with Gasteiger partial charge in [0.2, 0.25) is 5.91 Å². The average Bonchev–Trinajstić information content (AvgIpc) is 2.24. The summed E-state index contributed by atoms with van der Waals surface area (Å²) < 4.78 is 0. The maximum atomic E-state index is 11.8. The van der Waals surface area contributed by atoms with Gasteiger partial charge in [0.1, 0.15) is 0 Å². The lowest BCUT2D eigenvalue weighted by Crippen LogP contribution is -2.48. The van der Waals surface area contributed by atoms with Crippen molar-refractivity contribution >= 4 is 11.6 Å². The van der Waals surface area contributed by atoms with E-state index < -0.39 is 0 Å². The third kappa shape index (κ3) is 2.02. The number of hydrogen-bond donors (Lipinski definition) is 1. The number of carbonyl (C=O) groups excluding carboxylic acids is 1. The van der Waals surface area contributed by atoms with Crippen molar-refractivity contribution < 1.29 is 4.79 Å². The van der Waals surface area contributed by atoms with Crippen LogP contribution < -0.4 is 10.6 Å². The molecule has 0 spiro atoms. The first kappa shape index (κ1) is 10.2. The minimum Gasteiger partial charge on any atom is -0.320 e. The van der Waals surface area contributed by atoms with Crippen LogP contribution in [0, 0.1) is 6.92 Å². The molecule has 0 bridgehead atoms. The van der Waals surface area contributed by atoms with Crippen LogP contribution in [0.2, 0.25) is 0 Å². The quantitative estimate of drug-likeness (QED) is 0.752. The number of benzene rings is 1. The summed E-state index contributed by atoms with van der Waals surface area (Å²) in [7, 11) is 0. The van der Waals surface area contributed by atoms with E-state index >= 15 is 0 Å². The van der Waals surface area contributed by atoms with E-state index in [9.17, 15) is 4.79 Å². The molecule has 1 heterocycles. The number of nitrogens with zero attached hydrogens (tertiary/aromatic N) is 1. The van der Waals surface area contributed by atoms with Crippen molar-refractivity contribution in [2.75, 3.05) is 11.4 Å². The van der Waals surface area contributed by atoms with Crippen LogP contribution in [0.25, 0.3) is 0 Å². The molecule has 1 aromatic rings. The molecule has 1 aliphatic heterocycles. The first-order valence-corrected chi connectivity index (χ1v) is 5.32. The number of carbonyl (C=O) groups is 1. The van der Waals surface area contributed by atoms with Gasteiger partial charge in [-0.25, -0.2) is 0 Å². The van der Waals surface area contributed by atoms with Gasteiger partial charge in [-0.3, -0.25) is 4.79 Å². The predicted molar refractivity (Wildman–Crippen MR) is 60.7 cm³/mol. The van der Waals surface area contributed by atoms with Crippen LogP contribution in [0.1, 0.15) is 18.4 Å². The summed E-state index contributed by atoms with van der Waals surface area (Å²) in [5.41, 5.74) is 7.91. The standard InChI is InChI=1S/C12H16N2O/c1-9-4-6-10(7-5-9)14-8-2-3-11(13)12(14)15/h4-7,11H,2-3,8,13H2,1H3. The fraction of sp³-hybridized carbons (Fsp3) is 0.417. The molecule has 2 rings (SSSR count). The summed E-state index contributed by atoms with van der Waals surface area (Å²) in [5.74, 6) is 0.0464. The molecule has 0 saturated carbocycles. The predicted octanol–water partition coefficient (Wildman–Crippen LogP) is 1.45. The number of nitrogens with two attached hydrogens (primary N) is 1. The second kappa shape index (κ2) is 4.03. The molecule has 2 N–H and O–H groups in total. The van der Waals surface area contributed by atoms with Gasteiger partial charge in [0, 0.05) is 12.2 Å². The Morgan fingerprint density at radius 2 is 2.00 bits per heavy atom. The lowest BCUT2D eigenvalue weighted by Gasteiger charge is -2.30. The monoisotopic (exact) mass is 204 g/mol. The number of amides is 1. The number of aryl methyl sites for hydroxylation is 1. The third-order valence-corrected chi connectivity index (χ3v) is 2.83. The fourth-order valence-corrected chi connectivity index (χ4v) is 1.88. The molecule has 0 aliphatic carbocycles. The number of anilines is 1. The molecule has 1 atom stereocenters. The third-order valence-electron chi connectivity index (χ3n) is 2.83. The van der Waals surface area contributed by atoms with Crippen molar-refractivity contribution in [2.24, 2.45) is 5.73 Å². The highest BCUT2D eigenvalue weighted by Crippen LogP contribution is 2.20. The molecule has 1 unspecified atom stereocenters. The fourth-order valence-electron chi connectivity index (χ4n) is 1.88. The molecule has 15 heavy (non-hydrogen) atoms. The number of rotatable bonds is 1. The van der Waals surface area contributed by atoms with Crippen LogP contribution in [0.15, 0.2) is 24.3 Å². The Kier molecular flexibility index (Phi) is 2.73. The molecule has 3 heteroatoms. The Morgan fingerprint density at radius 3 is 2.67 bits per heavy atom. The molecular weight excluding hydrogens is 188 g/mol. The Balaban J connectivity index is 2.22. The molecule has 1 amide bonds. The van der Waals surface area contributed by atoms with E-state index in [1.54, 1.807) is 4.90 Å². The van der Waals surface area contributed by atoms with Gasteiger partial charge in [-0.2, -0.15) is 0 Å².